The number of carbonyl (C=O) groups excluding carboxylic acids is 1. The highest BCUT2D eigenvalue weighted by molar-refractivity contribution is 6.17. The molecule has 4 aromatic rings. The third-order valence-electron chi connectivity index (χ3n) is 4.96. The molecule has 0 atom stereocenters. The van der Waals surface area contributed by atoms with Gasteiger partial charge in [0.25, 0.3) is 5.91 Å². The van der Waals surface area contributed by atoms with Crippen LogP contribution in [0.5, 0.6) is 0 Å². The largest absolute Gasteiger partial charge is 0.349 e. The van der Waals surface area contributed by atoms with Gasteiger partial charge in [-0.3, -0.25) is 9.78 Å². The number of fused-ring (bicyclic) bond motifs is 4. The fourth-order valence-corrected chi connectivity index (χ4v) is 3.73. The zero-order valence-corrected chi connectivity index (χ0v) is 14.9. The molecule has 2 aromatic carbocycles. The standard InChI is InChI=1S/C20H18F2N4O/c1-10-11-3-5-24-18(20(27)25-6-4-23)13(11)7-14-12-8-15(21)16(22)9-17(12)26(2)19(10)14/h3,5,7-9H,4,6,23H2,1-2H3,(H,25,27). The summed E-state index contributed by atoms with van der Waals surface area (Å²) in [7, 11) is 1.82. The Kier molecular flexibility index (Phi) is 4.04. The summed E-state index contributed by atoms with van der Waals surface area (Å²) in [6, 6.07) is 6.05. The van der Waals surface area contributed by atoms with Crippen molar-refractivity contribution in [2.75, 3.05) is 13.1 Å². The summed E-state index contributed by atoms with van der Waals surface area (Å²) in [6.45, 7) is 2.60. The van der Waals surface area contributed by atoms with Gasteiger partial charge in [-0.05, 0) is 36.1 Å². The summed E-state index contributed by atoms with van der Waals surface area (Å²) >= 11 is 0. The number of aryl methyl sites for hydroxylation is 2. The Morgan fingerprint density at radius 1 is 1.15 bits per heavy atom. The summed E-state index contributed by atoms with van der Waals surface area (Å²) in [6.07, 6.45) is 1.58. The van der Waals surface area contributed by atoms with E-state index in [0.717, 1.165) is 21.9 Å². The van der Waals surface area contributed by atoms with Crippen molar-refractivity contribution in [2.24, 2.45) is 12.8 Å². The number of nitrogens with two attached hydrogens (primary N) is 1. The van der Waals surface area contributed by atoms with Crippen molar-refractivity contribution in [2.45, 2.75) is 6.92 Å². The van der Waals surface area contributed by atoms with Crippen LogP contribution in [0.3, 0.4) is 0 Å². The minimum absolute atomic E-state index is 0.283. The van der Waals surface area contributed by atoms with Crippen LogP contribution in [0.2, 0.25) is 0 Å². The van der Waals surface area contributed by atoms with Crippen molar-refractivity contribution < 1.29 is 13.6 Å². The van der Waals surface area contributed by atoms with Gasteiger partial charge in [-0.1, -0.05) is 0 Å². The lowest BCUT2D eigenvalue weighted by atomic mass is 10.00. The minimum atomic E-state index is -0.903. The maximum atomic E-state index is 13.9. The highest BCUT2D eigenvalue weighted by Crippen LogP contribution is 2.36. The number of benzene rings is 2. The van der Waals surface area contributed by atoms with Crippen LogP contribution in [-0.2, 0) is 7.05 Å². The highest BCUT2D eigenvalue weighted by Gasteiger charge is 2.19. The van der Waals surface area contributed by atoms with Gasteiger partial charge in [-0.2, -0.15) is 0 Å². The van der Waals surface area contributed by atoms with Crippen LogP contribution in [0.4, 0.5) is 8.78 Å². The Labute approximate surface area is 153 Å². The number of halogens is 2. The molecular weight excluding hydrogens is 350 g/mol. The topological polar surface area (TPSA) is 72.9 Å². The zero-order chi connectivity index (χ0) is 19.3. The molecule has 0 fully saturated rings. The molecule has 5 nitrogen and oxygen atoms in total. The van der Waals surface area contributed by atoms with Crippen LogP contribution in [0.15, 0.2) is 30.5 Å². The van der Waals surface area contributed by atoms with Crippen molar-refractivity contribution >= 4 is 38.5 Å². The number of rotatable bonds is 3. The number of hydrogen-bond donors (Lipinski definition) is 2. The first-order valence-corrected chi connectivity index (χ1v) is 8.57. The number of nitrogens with zero attached hydrogens (tertiary/aromatic N) is 2. The normalized spacial score (nSPS) is 11.6. The van der Waals surface area contributed by atoms with E-state index >= 15 is 0 Å². The molecule has 0 aliphatic carbocycles. The monoisotopic (exact) mass is 368 g/mol. The second-order valence-electron chi connectivity index (χ2n) is 6.54. The number of pyridine rings is 1. The molecule has 7 heteroatoms. The summed E-state index contributed by atoms with van der Waals surface area (Å²) < 4.78 is 29.5. The maximum absolute atomic E-state index is 13.9. The van der Waals surface area contributed by atoms with Gasteiger partial charge in [0.05, 0.1) is 11.0 Å². The Balaban J connectivity index is 2.11. The second-order valence-corrected chi connectivity index (χ2v) is 6.54. The molecule has 0 aliphatic rings. The molecule has 138 valence electrons. The fourth-order valence-electron chi connectivity index (χ4n) is 3.73. The van der Waals surface area contributed by atoms with E-state index in [1.807, 2.05) is 30.7 Å². The first-order chi connectivity index (χ1) is 12.9. The molecule has 4 rings (SSSR count). The van der Waals surface area contributed by atoms with Gasteiger partial charge >= 0.3 is 0 Å². The summed E-state index contributed by atoms with van der Waals surface area (Å²) in [5.74, 6) is -2.11. The Hall–Kier alpha value is -3.06. The van der Waals surface area contributed by atoms with Gasteiger partial charge in [0.2, 0.25) is 0 Å². The number of nitrogens with one attached hydrogen (secondary N) is 1. The van der Waals surface area contributed by atoms with Crippen LogP contribution in [0, 0.1) is 18.6 Å². The van der Waals surface area contributed by atoms with Crippen molar-refractivity contribution in [3.8, 4) is 0 Å². The van der Waals surface area contributed by atoms with Crippen molar-refractivity contribution in [1.29, 1.82) is 0 Å². The van der Waals surface area contributed by atoms with E-state index in [4.69, 9.17) is 5.73 Å². The van der Waals surface area contributed by atoms with Crippen LogP contribution in [0.25, 0.3) is 32.6 Å². The van der Waals surface area contributed by atoms with E-state index in [2.05, 4.69) is 10.3 Å². The van der Waals surface area contributed by atoms with Crippen molar-refractivity contribution in [3.05, 3.63) is 53.4 Å². The second kappa shape index (κ2) is 6.28. The van der Waals surface area contributed by atoms with Gasteiger partial charge in [-0.15, -0.1) is 0 Å². The average molecular weight is 368 g/mol. The predicted molar refractivity (Wildman–Crippen MR) is 102 cm³/mol. The van der Waals surface area contributed by atoms with E-state index in [1.165, 1.54) is 12.1 Å². The molecule has 0 spiro atoms. The van der Waals surface area contributed by atoms with Crippen LogP contribution in [0.1, 0.15) is 16.1 Å². The minimum Gasteiger partial charge on any atom is -0.349 e. The molecule has 1 amide bonds. The smallest absolute Gasteiger partial charge is 0.270 e. The lowest BCUT2D eigenvalue weighted by Gasteiger charge is -2.10. The molecular formula is C20H18F2N4O. The Morgan fingerprint density at radius 2 is 1.89 bits per heavy atom. The molecule has 0 unspecified atom stereocenters. The molecule has 27 heavy (non-hydrogen) atoms. The number of amides is 1. The lowest BCUT2D eigenvalue weighted by molar-refractivity contribution is 0.0951. The molecule has 0 saturated carbocycles. The average Bonchev–Trinajstić information content (AvgIpc) is 2.92. The summed E-state index contributed by atoms with van der Waals surface area (Å²) in [5, 5.41) is 5.59. The van der Waals surface area contributed by atoms with E-state index in [9.17, 15) is 13.6 Å². The zero-order valence-electron chi connectivity index (χ0n) is 14.9. The van der Waals surface area contributed by atoms with Crippen LogP contribution >= 0.6 is 0 Å². The van der Waals surface area contributed by atoms with Gasteiger partial charge in [-0.25, -0.2) is 8.78 Å². The number of aromatic nitrogens is 2. The van der Waals surface area contributed by atoms with E-state index in [1.54, 1.807) is 6.20 Å². The molecule has 2 aromatic heterocycles. The molecule has 3 N–H and O–H groups in total. The van der Waals surface area contributed by atoms with E-state index in [-0.39, 0.29) is 11.6 Å². The van der Waals surface area contributed by atoms with Gasteiger partial charge in [0.1, 0.15) is 5.69 Å². The summed E-state index contributed by atoms with van der Waals surface area (Å²) in [5.41, 5.74) is 8.10. The third-order valence-corrected chi connectivity index (χ3v) is 4.96. The highest BCUT2D eigenvalue weighted by atomic mass is 19.2. The van der Waals surface area contributed by atoms with E-state index in [0.29, 0.717) is 29.4 Å². The molecule has 0 radical (unpaired) electrons. The SMILES string of the molecule is Cc1c2ccnc(C(=O)NCCN)c2cc2c3cc(F)c(F)cc3n(C)c12. The fraction of sp³-hybridized carbons (Fsp3) is 0.200. The summed E-state index contributed by atoms with van der Waals surface area (Å²) in [4.78, 5) is 16.7. The predicted octanol–water partition coefficient (Wildman–Crippen LogP) is 3.15. The molecule has 0 saturated heterocycles. The first-order valence-electron chi connectivity index (χ1n) is 8.57. The van der Waals surface area contributed by atoms with Crippen molar-refractivity contribution in [1.82, 2.24) is 14.9 Å². The van der Waals surface area contributed by atoms with E-state index < -0.39 is 11.6 Å². The van der Waals surface area contributed by atoms with Gasteiger partial charge < -0.3 is 15.6 Å². The third kappa shape index (κ3) is 2.54. The van der Waals surface area contributed by atoms with Gasteiger partial charge in [0.15, 0.2) is 11.6 Å². The van der Waals surface area contributed by atoms with Crippen molar-refractivity contribution in [3.63, 3.8) is 0 Å². The van der Waals surface area contributed by atoms with Crippen LogP contribution < -0.4 is 11.1 Å². The molecule has 0 aliphatic heterocycles. The van der Waals surface area contributed by atoms with Crippen LogP contribution in [-0.4, -0.2) is 28.5 Å². The number of carbonyl (C=O) groups is 1. The quantitative estimate of drug-likeness (QED) is 0.583. The maximum Gasteiger partial charge on any atom is 0.270 e. The lowest BCUT2D eigenvalue weighted by Crippen LogP contribution is -2.29. The number of hydrogen-bond acceptors (Lipinski definition) is 3. The molecule has 0 bridgehead atoms. The first kappa shape index (κ1) is 17.4. The Morgan fingerprint density at radius 3 is 2.63 bits per heavy atom. The van der Waals surface area contributed by atoms with Gasteiger partial charge in [0, 0.05) is 48.6 Å². The Bertz CT molecular complexity index is 1230. The molecule has 2 heterocycles.